The van der Waals surface area contributed by atoms with Crippen LogP contribution in [0.1, 0.15) is 102 Å². The van der Waals surface area contributed by atoms with E-state index in [4.69, 9.17) is 0 Å². The molecule has 1 aromatic heterocycles. The van der Waals surface area contributed by atoms with Crippen LogP contribution >= 0.6 is 0 Å². The fraction of sp³-hybridized carbons (Fsp3) is 0.643. The monoisotopic (exact) mass is 442 g/mol. The molecular formula is C28H40F2N2. The minimum Gasteiger partial charge on any atom is -0.236 e. The van der Waals surface area contributed by atoms with Gasteiger partial charge in [-0.1, -0.05) is 84.0 Å². The highest BCUT2D eigenvalue weighted by molar-refractivity contribution is 5.54. The Labute approximate surface area is 193 Å². The first kappa shape index (κ1) is 24.8. The summed E-state index contributed by atoms with van der Waals surface area (Å²) < 4.78 is 26.6. The molecule has 0 aliphatic heterocycles. The molecule has 1 aromatic carbocycles. The lowest BCUT2D eigenvalue weighted by Gasteiger charge is -2.29. The van der Waals surface area contributed by atoms with Crippen molar-refractivity contribution in [3.8, 4) is 11.4 Å². The van der Waals surface area contributed by atoms with E-state index >= 15 is 0 Å². The van der Waals surface area contributed by atoms with Gasteiger partial charge in [0.15, 0.2) is 17.5 Å². The van der Waals surface area contributed by atoms with Crippen LogP contribution in [0.15, 0.2) is 30.6 Å². The topological polar surface area (TPSA) is 25.8 Å². The zero-order valence-corrected chi connectivity index (χ0v) is 19.8. The van der Waals surface area contributed by atoms with Gasteiger partial charge in [-0.05, 0) is 54.9 Å². The summed E-state index contributed by atoms with van der Waals surface area (Å²) in [6.45, 7) is 2.28. The van der Waals surface area contributed by atoms with Crippen molar-refractivity contribution in [1.29, 1.82) is 0 Å². The predicted molar refractivity (Wildman–Crippen MR) is 128 cm³/mol. The summed E-state index contributed by atoms with van der Waals surface area (Å²) >= 11 is 0. The maximum absolute atomic E-state index is 13.4. The smallest absolute Gasteiger partial charge is 0.159 e. The van der Waals surface area contributed by atoms with Gasteiger partial charge in [0, 0.05) is 18.0 Å². The number of aryl methyl sites for hydroxylation is 1. The molecule has 1 aliphatic rings. The number of rotatable bonds is 13. The van der Waals surface area contributed by atoms with Gasteiger partial charge in [-0.2, -0.15) is 0 Å². The van der Waals surface area contributed by atoms with Gasteiger partial charge in [0.2, 0.25) is 0 Å². The number of hydrogen-bond acceptors (Lipinski definition) is 2. The predicted octanol–water partition coefficient (Wildman–Crippen LogP) is 8.69. The molecule has 0 saturated heterocycles. The third kappa shape index (κ3) is 8.26. The van der Waals surface area contributed by atoms with E-state index in [9.17, 15) is 8.78 Å². The molecule has 3 rings (SSSR count). The van der Waals surface area contributed by atoms with Gasteiger partial charge < -0.3 is 0 Å². The molecule has 2 aromatic rings. The molecule has 0 N–H and O–H groups in total. The van der Waals surface area contributed by atoms with Crippen LogP contribution in [0, 0.1) is 23.5 Å². The number of nitrogens with zero attached hydrogens (tertiary/aromatic N) is 2. The van der Waals surface area contributed by atoms with Gasteiger partial charge in [0.1, 0.15) is 0 Å². The lowest BCUT2D eigenvalue weighted by atomic mass is 9.77. The van der Waals surface area contributed by atoms with E-state index in [0.29, 0.717) is 11.4 Å². The summed E-state index contributed by atoms with van der Waals surface area (Å²) in [5, 5.41) is 0. The van der Waals surface area contributed by atoms with Crippen molar-refractivity contribution in [1.82, 2.24) is 9.97 Å². The van der Waals surface area contributed by atoms with Crippen LogP contribution in [-0.4, -0.2) is 9.97 Å². The number of aromatic nitrogens is 2. The molecular weight excluding hydrogens is 402 g/mol. The van der Waals surface area contributed by atoms with E-state index in [0.717, 1.165) is 36.0 Å². The van der Waals surface area contributed by atoms with Gasteiger partial charge in [0.25, 0.3) is 0 Å². The third-order valence-corrected chi connectivity index (χ3v) is 7.08. The average molecular weight is 443 g/mol. The van der Waals surface area contributed by atoms with Crippen LogP contribution in [0.5, 0.6) is 0 Å². The van der Waals surface area contributed by atoms with Crippen LogP contribution in [0.4, 0.5) is 8.78 Å². The van der Waals surface area contributed by atoms with Crippen molar-refractivity contribution in [2.24, 2.45) is 11.8 Å². The Morgan fingerprint density at radius 3 is 2.16 bits per heavy atom. The normalized spacial score (nSPS) is 18.7. The number of halogens is 2. The first-order chi connectivity index (χ1) is 15.7. The quantitative estimate of drug-likeness (QED) is 0.290. The molecule has 1 saturated carbocycles. The summed E-state index contributed by atoms with van der Waals surface area (Å²) in [5.74, 6) is 0.456. The second kappa shape index (κ2) is 13.6. The fourth-order valence-corrected chi connectivity index (χ4v) is 5.13. The minimum atomic E-state index is -0.867. The molecule has 32 heavy (non-hydrogen) atoms. The fourth-order valence-electron chi connectivity index (χ4n) is 5.13. The molecule has 176 valence electrons. The Morgan fingerprint density at radius 1 is 0.812 bits per heavy atom. The van der Waals surface area contributed by atoms with Crippen LogP contribution in [0.3, 0.4) is 0 Å². The Balaban J connectivity index is 1.35. The largest absolute Gasteiger partial charge is 0.236 e. The Kier molecular flexibility index (Phi) is 10.6. The molecule has 4 heteroatoms. The van der Waals surface area contributed by atoms with Crippen molar-refractivity contribution in [3.63, 3.8) is 0 Å². The van der Waals surface area contributed by atoms with E-state index in [1.165, 1.54) is 96.0 Å². The van der Waals surface area contributed by atoms with Gasteiger partial charge in [-0.25, -0.2) is 18.7 Å². The SMILES string of the molecule is CCCCCCCCCCC1CCCC(CCc2cnc(-c3ccc(F)c(F)c3)nc2)C1. The third-order valence-electron chi connectivity index (χ3n) is 7.08. The summed E-state index contributed by atoms with van der Waals surface area (Å²) in [5.41, 5.74) is 1.63. The molecule has 2 nitrogen and oxygen atoms in total. The summed E-state index contributed by atoms with van der Waals surface area (Å²) in [6, 6.07) is 3.79. The summed E-state index contributed by atoms with van der Waals surface area (Å²) in [6.07, 6.45) is 24.0. The molecule has 0 bridgehead atoms. The Morgan fingerprint density at radius 2 is 1.47 bits per heavy atom. The maximum atomic E-state index is 13.4. The van der Waals surface area contributed by atoms with Crippen molar-refractivity contribution in [2.45, 2.75) is 103 Å². The van der Waals surface area contributed by atoms with Crippen LogP contribution in [0.25, 0.3) is 11.4 Å². The molecule has 2 unspecified atom stereocenters. The van der Waals surface area contributed by atoms with Gasteiger partial charge in [-0.3, -0.25) is 0 Å². The van der Waals surface area contributed by atoms with Crippen LogP contribution in [-0.2, 0) is 6.42 Å². The highest BCUT2D eigenvalue weighted by atomic mass is 19.2. The Bertz CT molecular complexity index is 791. The van der Waals surface area contributed by atoms with E-state index in [1.807, 2.05) is 12.4 Å². The molecule has 0 radical (unpaired) electrons. The van der Waals surface area contributed by atoms with Crippen molar-refractivity contribution < 1.29 is 8.78 Å². The first-order valence-corrected chi connectivity index (χ1v) is 12.9. The average Bonchev–Trinajstić information content (AvgIpc) is 2.82. The standard InChI is InChI=1S/C28H40F2N2/c1-2-3-4-5-6-7-8-9-11-22-12-10-13-23(18-22)14-15-24-20-31-28(32-21-24)25-16-17-26(29)27(30)19-25/h16-17,19-23H,2-15,18H2,1H3. The Hall–Kier alpha value is -1.84. The maximum Gasteiger partial charge on any atom is 0.159 e. The van der Waals surface area contributed by atoms with Crippen LogP contribution < -0.4 is 0 Å². The second-order valence-electron chi connectivity index (χ2n) is 9.74. The number of unbranched alkanes of at least 4 members (excludes halogenated alkanes) is 7. The van der Waals surface area contributed by atoms with E-state index in [2.05, 4.69) is 16.9 Å². The highest BCUT2D eigenvalue weighted by Gasteiger charge is 2.21. The zero-order valence-electron chi connectivity index (χ0n) is 19.8. The van der Waals surface area contributed by atoms with Crippen molar-refractivity contribution in [2.75, 3.05) is 0 Å². The van der Waals surface area contributed by atoms with Crippen molar-refractivity contribution >= 4 is 0 Å². The second-order valence-corrected chi connectivity index (χ2v) is 9.74. The zero-order chi connectivity index (χ0) is 22.6. The number of benzene rings is 1. The molecule has 2 atom stereocenters. The van der Waals surface area contributed by atoms with E-state index in [-0.39, 0.29) is 0 Å². The molecule has 0 spiro atoms. The highest BCUT2D eigenvalue weighted by Crippen LogP contribution is 2.35. The first-order valence-electron chi connectivity index (χ1n) is 12.9. The summed E-state index contributed by atoms with van der Waals surface area (Å²) in [7, 11) is 0. The summed E-state index contributed by atoms with van der Waals surface area (Å²) in [4.78, 5) is 8.76. The van der Waals surface area contributed by atoms with Gasteiger partial charge in [0.05, 0.1) is 0 Å². The van der Waals surface area contributed by atoms with E-state index in [1.54, 1.807) is 0 Å². The van der Waals surface area contributed by atoms with Crippen LogP contribution in [0.2, 0.25) is 0 Å². The number of hydrogen-bond donors (Lipinski definition) is 0. The van der Waals surface area contributed by atoms with Gasteiger partial charge in [-0.15, -0.1) is 0 Å². The minimum absolute atomic E-state index is 0.441. The van der Waals surface area contributed by atoms with E-state index < -0.39 is 11.6 Å². The molecule has 1 heterocycles. The lowest BCUT2D eigenvalue weighted by molar-refractivity contribution is 0.239. The van der Waals surface area contributed by atoms with Gasteiger partial charge >= 0.3 is 0 Å². The van der Waals surface area contributed by atoms with Crippen molar-refractivity contribution in [3.05, 3.63) is 47.8 Å². The molecule has 1 fully saturated rings. The molecule has 1 aliphatic carbocycles. The lowest BCUT2D eigenvalue weighted by Crippen LogP contribution is -2.16. The molecule has 0 amide bonds.